The molecular formula is C10H11Cl7. The van der Waals surface area contributed by atoms with Crippen molar-refractivity contribution in [1.29, 1.82) is 0 Å². The number of halogens is 7. The lowest BCUT2D eigenvalue weighted by atomic mass is 9.70. The van der Waals surface area contributed by atoms with Gasteiger partial charge in [0.05, 0.1) is 21.5 Å². The predicted octanol–water partition coefficient (Wildman–Crippen LogP) is 5.09. The third-order valence-corrected chi connectivity index (χ3v) is 8.57. The Morgan fingerprint density at radius 2 is 1.41 bits per heavy atom. The summed E-state index contributed by atoms with van der Waals surface area (Å²) in [6, 6.07) is 0. The van der Waals surface area contributed by atoms with Crippen LogP contribution in [0.25, 0.3) is 0 Å². The van der Waals surface area contributed by atoms with E-state index < -0.39 is 15.7 Å². The van der Waals surface area contributed by atoms with Gasteiger partial charge in [0.2, 0.25) is 0 Å². The minimum atomic E-state index is -0.666. The summed E-state index contributed by atoms with van der Waals surface area (Å²) < 4.78 is 0. The molecule has 2 aliphatic rings. The third kappa shape index (κ3) is 1.59. The Morgan fingerprint density at radius 3 is 1.65 bits per heavy atom. The van der Waals surface area contributed by atoms with Gasteiger partial charge < -0.3 is 0 Å². The number of rotatable bonds is 2. The molecular weight excluding hydrogens is 368 g/mol. The van der Waals surface area contributed by atoms with Gasteiger partial charge in [0.15, 0.2) is 0 Å². The lowest BCUT2D eigenvalue weighted by Gasteiger charge is -2.44. The highest BCUT2D eigenvalue weighted by molar-refractivity contribution is 6.46. The zero-order valence-electron chi connectivity index (χ0n) is 8.82. The molecule has 7 heteroatoms. The lowest BCUT2D eigenvalue weighted by Crippen LogP contribution is -2.50. The van der Waals surface area contributed by atoms with Gasteiger partial charge in [-0.1, -0.05) is 6.92 Å². The van der Waals surface area contributed by atoms with E-state index in [2.05, 4.69) is 0 Å². The van der Waals surface area contributed by atoms with Crippen LogP contribution < -0.4 is 0 Å². The molecule has 0 saturated heterocycles. The largest absolute Gasteiger partial charge is 0.126 e. The first-order chi connectivity index (χ1) is 7.76. The third-order valence-electron chi connectivity index (χ3n) is 4.60. The summed E-state index contributed by atoms with van der Waals surface area (Å²) >= 11 is 44.0. The average molecular weight is 379 g/mol. The van der Waals surface area contributed by atoms with Crippen LogP contribution in [0.5, 0.6) is 0 Å². The average Bonchev–Trinajstić information content (AvgIpc) is 2.55. The minimum absolute atomic E-state index is 0.144. The molecule has 3 unspecified atom stereocenters. The fourth-order valence-electron chi connectivity index (χ4n) is 3.47. The van der Waals surface area contributed by atoms with Gasteiger partial charge in [-0.3, -0.25) is 0 Å². The number of alkyl halides is 7. The van der Waals surface area contributed by atoms with Gasteiger partial charge in [-0.2, -0.15) is 0 Å². The van der Waals surface area contributed by atoms with Gasteiger partial charge in [0, 0.05) is 22.6 Å². The second kappa shape index (κ2) is 4.79. The molecule has 0 heterocycles. The summed E-state index contributed by atoms with van der Waals surface area (Å²) in [5.74, 6) is 0.0969. The second-order valence-corrected chi connectivity index (χ2v) is 8.29. The topological polar surface area (TPSA) is 0 Å². The van der Waals surface area contributed by atoms with Gasteiger partial charge in [-0.15, -0.1) is 81.2 Å². The predicted molar refractivity (Wildman–Crippen MR) is 78.8 cm³/mol. The molecule has 0 aromatic heterocycles. The minimum Gasteiger partial charge on any atom is -0.126 e. The Morgan fingerprint density at radius 1 is 1.00 bits per heavy atom. The fraction of sp³-hybridized carbons (Fsp3) is 1.00. The van der Waals surface area contributed by atoms with Crippen LogP contribution >= 0.6 is 81.2 Å². The maximum atomic E-state index is 6.43. The molecule has 17 heavy (non-hydrogen) atoms. The van der Waals surface area contributed by atoms with Crippen molar-refractivity contribution >= 4 is 81.2 Å². The second-order valence-electron chi connectivity index (χ2n) is 4.98. The van der Waals surface area contributed by atoms with E-state index >= 15 is 0 Å². The summed E-state index contributed by atoms with van der Waals surface area (Å²) in [6.45, 7) is 1.93. The van der Waals surface area contributed by atoms with Crippen molar-refractivity contribution in [3.05, 3.63) is 0 Å². The first-order valence-corrected chi connectivity index (χ1v) is 8.32. The van der Waals surface area contributed by atoms with Crippen molar-refractivity contribution < 1.29 is 0 Å². The van der Waals surface area contributed by atoms with Crippen LogP contribution in [0.1, 0.15) is 6.92 Å². The van der Waals surface area contributed by atoms with Crippen LogP contribution in [-0.4, -0.2) is 32.2 Å². The zero-order chi connectivity index (χ0) is 13.2. The van der Waals surface area contributed by atoms with E-state index in [0.29, 0.717) is 0 Å². The van der Waals surface area contributed by atoms with Crippen molar-refractivity contribution in [3.8, 4) is 0 Å². The summed E-state index contributed by atoms with van der Waals surface area (Å²) in [6.07, 6.45) is 0. The van der Waals surface area contributed by atoms with Gasteiger partial charge in [0.1, 0.15) is 4.84 Å². The molecule has 2 bridgehead atoms. The van der Waals surface area contributed by atoms with Crippen molar-refractivity contribution in [2.24, 2.45) is 16.7 Å². The number of fused-ring (bicyclic) bond motifs is 2. The summed E-state index contributed by atoms with van der Waals surface area (Å²) in [4.78, 5) is -0.666. The molecule has 2 saturated carbocycles. The quantitative estimate of drug-likeness (QED) is 0.586. The Balaban J connectivity index is 2.61. The van der Waals surface area contributed by atoms with E-state index in [9.17, 15) is 0 Å². The molecule has 2 fully saturated rings. The normalized spacial score (nSPS) is 58.1. The van der Waals surface area contributed by atoms with E-state index in [0.717, 1.165) is 0 Å². The molecule has 0 amide bonds. The SMILES string of the molecule is CC1(C(Cl)Cl)C2[C@@H](Cl)[C@H](Cl)C1(CCl)[C@H](Cl)[C@H]2Cl. The van der Waals surface area contributed by atoms with Crippen molar-refractivity contribution in [1.82, 2.24) is 0 Å². The Kier molecular flexibility index (Phi) is 4.35. The maximum absolute atomic E-state index is 6.43. The Bertz CT molecular complexity index is 304. The molecule has 2 rings (SSSR count). The van der Waals surface area contributed by atoms with E-state index in [1.54, 1.807) is 0 Å². The summed E-state index contributed by atoms with van der Waals surface area (Å²) in [5, 5.41) is -1.40. The van der Waals surface area contributed by atoms with Gasteiger partial charge in [-0.25, -0.2) is 0 Å². The van der Waals surface area contributed by atoms with Crippen LogP contribution in [0.15, 0.2) is 0 Å². The van der Waals surface area contributed by atoms with E-state index in [-0.39, 0.29) is 33.3 Å². The summed E-state index contributed by atoms with van der Waals surface area (Å²) in [5.41, 5.74) is -1.22. The molecule has 0 aromatic carbocycles. The van der Waals surface area contributed by atoms with Crippen LogP contribution in [0.2, 0.25) is 0 Å². The first kappa shape index (κ1) is 15.4. The van der Waals surface area contributed by atoms with Crippen LogP contribution in [0.4, 0.5) is 0 Å². The lowest BCUT2D eigenvalue weighted by molar-refractivity contribution is 0.153. The molecule has 0 aliphatic heterocycles. The molecule has 0 spiro atoms. The number of hydrogen-bond donors (Lipinski definition) is 0. The molecule has 2 aliphatic carbocycles. The maximum Gasteiger partial charge on any atom is 0.114 e. The van der Waals surface area contributed by atoms with E-state index in [1.165, 1.54) is 0 Å². The van der Waals surface area contributed by atoms with Crippen molar-refractivity contribution in [3.63, 3.8) is 0 Å². The smallest absolute Gasteiger partial charge is 0.114 e. The molecule has 0 N–H and O–H groups in total. The van der Waals surface area contributed by atoms with Crippen LogP contribution in [0.3, 0.4) is 0 Å². The molecule has 0 nitrogen and oxygen atoms in total. The highest BCUT2D eigenvalue weighted by atomic mass is 35.5. The highest BCUT2D eigenvalue weighted by Crippen LogP contribution is 2.73. The standard InChI is InChI=1S/C10H11Cl7/c1-9(8(16)17)3-4(12)6(14)10(9,2-11)7(15)5(3)13/h3-8H,2H2,1H3/t3?,4-,5+,6+,7-,9?,10?. The number of hydrogen-bond acceptors (Lipinski definition) is 0. The van der Waals surface area contributed by atoms with E-state index in [4.69, 9.17) is 81.2 Å². The first-order valence-electron chi connectivity index (χ1n) is 5.17. The molecule has 7 atom stereocenters. The zero-order valence-corrected chi connectivity index (χ0v) is 14.1. The van der Waals surface area contributed by atoms with Crippen LogP contribution in [0, 0.1) is 16.7 Å². The Labute approximate surface area is 136 Å². The van der Waals surface area contributed by atoms with Gasteiger partial charge in [-0.05, 0) is 0 Å². The Hall–Kier alpha value is 2.03. The molecule has 100 valence electrons. The summed E-state index contributed by atoms with van der Waals surface area (Å²) in [7, 11) is 0. The van der Waals surface area contributed by atoms with Crippen LogP contribution in [-0.2, 0) is 0 Å². The highest BCUT2D eigenvalue weighted by Gasteiger charge is 2.78. The molecule has 0 aromatic rings. The van der Waals surface area contributed by atoms with Crippen molar-refractivity contribution in [2.75, 3.05) is 5.88 Å². The fourth-order valence-corrected chi connectivity index (χ4v) is 7.58. The van der Waals surface area contributed by atoms with Crippen molar-refractivity contribution in [2.45, 2.75) is 33.3 Å². The van der Waals surface area contributed by atoms with Gasteiger partial charge in [0.25, 0.3) is 0 Å². The van der Waals surface area contributed by atoms with Gasteiger partial charge >= 0.3 is 0 Å². The monoisotopic (exact) mass is 376 g/mol. The van der Waals surface area contributed by atoms with E-state index in [1.807, 2.05) is 6.92 Å². The molecule has 0 radical (unpaired) electrons.